The average molecular weight is 335 g/mol. The molecule has 1 aliphatic heterocycles. The average Bonchev–Trinajstić information content (AvgIpc) is 2.61. The third-order valence-corrected chi connectivity index (χ3v) is 4.07. The van der Waals surface area contributed by atoms with Crippen LogP contribution in [-0.2, 0) is 9.59 Å². The van der Waals surface area contributed by atoms with Gasteiger partial charge in [-0.2, -0.15) is 0 Å². The maximum absolute atomic E-state index is 12.2. The highest BCUT2D eigenvalue weighted by molar-refractivity contribution is 5.77. The van der Waals surface area contributed by atoms with Gasteiger partial charge in [0.15, 0.2) is 0 Å². The summed E-state index contributed by atoms with van der Waals surface area (Å²) in [6.45, 7) is 5.01. The van der Waals surface area contributed by atoms with Crippen LogP contribution in [-0.4, -0.2) is 70.6 Å². The second kappa shape index (κ2) is 9.17. The summed E-state index contributed by atoms with van der Waals surface area (Å²) in [6.07, 6.45) is 5.09. The molecule has 1 saturated heterocycles. The number of anilines is 1. The zero-order valence-electron chi connectivity index (χ0n) is 14.0. The minimum absolute atomic E-state index is 0.0526. The minimum Gasteiger partial charge on any atom is -0.480 e. The number of carbonyl (C=O) groups excluding carboxylic acids is 1. The molecule has 8 nitrogen and oxygen atoms in total. The highest BCUT2D eigenvalue weighted by Gasteiger charge is 2.22. The molecular weight excluding hydrogens is 310 g/mol. The minimum atomic E-state index is -0.860. The molecule has 1 aliphatic rings. The molecular formula is C16H25N5O3. The van der Waals surface area contributed by atoms with Crippen LogP contribution in [0.2, 0.25) is 0 Å². The molecule has 0 radical (unpaired) electrons. The van der Waals surface area contributed by atoms with Gasteiger partial charge in [-0.15, -0.1) is 0 Å². The molecule has 0 aromatic carbocycles. The van der Waals surface area contributed by atoms with E-state index < -0.39 is 12.0 Å². The number of nitrogens with one attached hydrogen (secondary N) is 1. The van der Waals surface area contributed by atoms with Gasteiger partial charge in [0.25, 0.3) is 0 Å². The van der Waals surface area contributed by atoms with Crippen LogP contribution in [0.15, 0.2) is 18.5 Å². The standard InChI is InChI=1S/C16H25N5O3/c1-2-4-13(15(23)24)17-8-5-14(22)20-9-11-21(12-10-20)16-18-6-3-7-19-16/h3,6-7,13,17H,2,4-5,8-12H2,1H3,(H,23,24). The van der Waals surface area contributed by atoms with Gasteiger partial charge in [0.2, 0.25) is 11.9 Å². The number of hydrogen-bond donors (Lipinski definition) is 2. The molecule has 1 amide bonds. The second-order valence-electron chi connectivity index (χ2n) is 5.80. The molecule has 2 rings (SSSR count). The first-order valence-electron chi connectivity index (χ1n) is 8.37. The fraction of sp³-hybridized carbons (Fsp3) is 0.625. The van der Waals surface area contributed by atoms with E-state index in [1.165, 1.54) is 0 Å². The zero-order chi connectivity index (χ0) is 17.4. The predicted molar refractivity (Wildman–Crippen MR) is 89.8 cm³/mol. The predicted octanol–water partition coefficient (Wildman–Crippen LogP) is 0.358. The number of amides is 1. The molecule has 1 aromatic heterocycles. The van der Waals surface area contributed by atoms with Gasteiger partial charge in [-0.1, -0.05) is 13.3 Å². The molecule has 1 fully saturated rings. The van der Waals surface area contributed by atoms with Crippen molar-refractivity contribution >= 4 is 17.8 Å². The van der Waals surface area contributed by atoms with Crippen molar-refractivity contribution in [1.29, 1.82) is 0 Å². The van der Waals surface area contributed by atoms with Gasteiger partial charge >= 0.3 is 5.97 Å². The Bertz CT molecular complexity index is 532. The second-order valence-corrected chi connectivity index (χ2v) is 5.80. The van der Waals surface area contributed by atoms with Crippen LogP contribution in [0, 0.1) is 0 Å². The third kappa shape index (κ3) is 5.16. The van der Waals surface area contributed by atoms with Crippen molar-refractivity contribution in [1.82, 2.24) is 20.2 Å². The first-order valence-corrected chi connectivity index (χ1v) is 8.37. The van der Waals surface area contributed by atoms with Crippen molar-refractivity contribution in [2.24, 2.45) is 0 Å². The number of hydrogen-bond acceptors (Lipinski definition) is 6. The summed E-state index contributed by atoms with van der Waals surface area (Å²) >= 11 is 0. The van der Waals surface area contributed by atoms with E-state index >= 15 is 0 Å². The lowest BCUT2D eigenvalue weighted by Gasteiger charge is -2.34. The highest BCUT2D eigenvalue weighted by Crippen LogP contribution is 2.10. The molecule has 1 aromatic rings. The van der Waals surface area contributed by atoms with Gasteiger partial charge < -0.3 is 20.2 Å². The Morgan fingerprint density at radius 1 is 1.25 bits per heavy atom. The van der Waals surface area contributed by atoms with Crippen LogP contribution in [0.3, 0.4) is 0 Å². The number of nitrogens with zero attached hydrogens (tertiary/aromatic N) is 4. The van der Waals surface area contributed by atoms with Gasteiger partial charge in [-0.25, -0.2) is 9.97 Å². The van der Waals surface area contributed by atoms with Crippen LogP contribution in [0.4, 0.5) is 5.95 Å². The monoisotopic (exact) mass is 335 g/mol. The summed E-state index contributed by atoms with van der Waals surface area (Å²) in [6, 6.07) is 1.20. The number of aliphatic carboxylic acids is 1. The Morgan fingerprint density at radius 3 is 2.50 bits per heavy atom. The molecule has 1 unspecified atom stereocenters. The number of carbonyl (C=O) groups is 2. The lowest BCUT2D eigenvalue weighted by Crippen LogP contribution is -2.50. The van der Waals surface area contributed by atoms with Crippen molar-refractivity contribution in [3.8, 4) is 0 Å². The topological polar surface area (TPSA) is 98.7 Å². The summed E-state index contributed by atoms with van der Waals surface area (Å²) < 4.78 is 0. The van der Waals surface area contributed by atoms with Gasteiger partial charge in [-0.05, 0) is 12.5 Å². The summed E-state index contributed by atoms with van der Waals surface area (Å²) in [7, 11) is 0. The molecule has 2 N–H and O–H groups in total. The van der Waals surface area contributed by atoms with E-state index in [9.17, 15) is 9.59 Å². The van der Waals surface area contributed by atoms with Crippen LogP contribution >= 0.6 is 0 Å². The Morgan fingerprint density at radius 2 is 1.92 bits per heavy atom. The van der Waals surface area contributed by atoms with Gasteiger partial charge in [0.05, 0.1) is 0 Å². The third-order valence-electron chi connectivity index (χ3n) is 4.07. The highest BCUT2D eigenvalue weighted by atomic mass is 16.4. The molecule has 0 aliphatic carbocycles. The van der Waals surface area contributed by atoms with E-state index in [0.717, 1.165) is 6.42 Å². The molecule has 24 heavy (non-hydrogen) atoms. The summed E-state index contributed by atoms with van der Waals surface area (Å²) in [5.41, 5.74) is 0. The van der Waals surface area contributed by atoms with Crippen LogP contribution in [0.25, 0.3) is 0 Å². The number of aromatic nitrogens is 2. The number of piperazine rings is 1. The van der Waals surface area contributed by atoms with E-state index in [1.54, 1.807) is 18.5 Å². The SMILES string of the molecule is CCCC(NCCC(=O)N1CCN(c2ncccn2)CC1)C(=O)O. The van der Waals surface area contributed by atoms with E-state index in [-0.39, 0.29) is 5.91 Å². The molecule has 132 valence electrons. The van der Waals surface area contributed by atoms with Crippen molar-refractivity contribution in [3.05, 3.63) is 18.5 Å². The Hall–Kier alpha value is -2.22. The lowest BCUT2D eigenvalue weighted by molar-refractivity contribution is -0.140. The van der Waals surface area contributed by atoms with E-state index in [4.69, 9.17) is 5.11 Å². The van der Waals surface area contributed by atoms with E-state index in [1.807, 2.05) is 11.8 Å². The molecule has 2 heterocycles. The van der Waals surface area contributed by atoms with Gasteiger partial charge in [0, 0.05) is 51.5 Å². The maximum Gasteiger partial charge on any atom is 0.320 e. The largest absolute Gasteiger partial charge is 0.480 e. The fourth-order valence-corrected chi connectivity index (χ4v) is 2.72. The van der Waals surface area contributed by atoms with Gasteiger partial charge in [-0.3, -0.25) is 9.59 Å². The number of carboxylic acids is 1. The van der Waals surface area contributed by atoms with Crippen molar-refractivity contribution in [2.75, 3.05) is 37.6 Å². The number of carboxylic acid groups (broad SMARTS) is 1. The van der Waals surface area contributed by atoms with Crippen LogP contribution in [0.5, 0.6) is 0 Å². The lowest BCUT2D eigenvalue weighted by atomic mass is 10.1. The molecule has 0 spiro atoms. The molecule has 0 bridgehead atoms. The first-order chi connectivity index (χ1) is 11.6. The summed E-state index contributed by atoms with van der Waals surface area (Å²) in [5, 5.41) is 12.0. The number of rotatable bonds is 8. The summed E-state index contributed by atoms with van der Waals surface area (Å²) in [5.74, 6) is -0.118. The quantitative estimate of drug-likeness (QED) is 0.707. The molecule has 1 atom stereocenters. The molecule has 8 heteroatoms. The summed E-state index contributed by atoms with van der Waals surface area (Å²) in [4.78, 5) is 35.6. The van der Waals surface area contributed by atoms with Gasteiger partial charge in [0.1, 0.15) is 6.04 Å². The van der Waals surface area contributed by atoms with Crippen LogP contribution < -0.4 is 10.2 Å². The van der Waals surface area contributed by atoms with Crippen molar-refractivity contribution < 1.29 is 14.7 Å². The Labute approximate surface area is 141 Å². The Kier molecular flexibility index (Phi) is 6.92. The van der Waals surface area contributed by atoms with E-state index in [0.29, 0.717) is 51.5 Å². The fourth-order valence-electron chi connectivity index (χ4n) is 2.72. The first kappa shape index (κ1) is 18.1. The Balaban J connectivity index is 1.72. The normalized spacial score (nSPS) is 16.0. The molecule has 0 saturated carbocycles. The van der Waals surface area contributed by atoms with E-state index in [2.05, 4.69) is 20.2 Å². The smallest absolute Gasteiger partial charge is 0.320 e. The maximum atomic E-state index is 12.2. The van der Waals surface area contributed by atoms with Crippen LogP contribution in [0.1, 0.15) is 26.2 Å². The van der Waals surface area contributed by atoms with Crippen molar-refractivity contribution in [3.63, 3.8) is 0 Å². The zero-order valence-corrected chi connectivity index (χ0v) is 14.0. The van der Waals surface area contributed by atoms with Crippen molar-refractivity contribution in [2.45, 2.75) is 32.2 Å².